The number of hydrogen-bond acceptors (Lipinski definition) is 8. The second-order valence-corrected chi connectivity index (χ2v) is 11.7. The third kappa shape index (κ3) is 6.00. The number of anilines is 4. The Labute approximate surface area is 263 Å². The van der Waals surface area contributed by atoms with E-state index < -0.39 is 0 Å². The minimum Gasteiger partial charge on any atom is -0.378 e. The lowest BCUT2D eigenvalue weighted by molar-refractivity contribution is -0.115. The Balaban J connectivity index is 1.22. The minimum absolute atomic E-state index is 0.0768. The number of nitrogens with zero attached hydrogens (tertiary/aromatic N) is 5. The Morgan fingerprint density at radius 1 is 0.955 bits per heavy atom. The second-order valence-electron chi connectivity index (χ2n) is 10.3. The van der Waals surface area contributed by atoms with Crippen LogP contribution in [0.2, 0.25) is 5.02 Å². The molecule has 0 bridgehead atoms. The van der Waals surface area contributed by atoms with Gasteiger partial charge in [0, 0.05) is 53.0 Å². The molecule has 2 N–H and O–H groups in total. The number of imidazole rings is 1. The maximum atomic E-state index is 12.7. The van der Waals surface area contributed by atoms with Crippen molar-refractivity contribution in [3.8, 4) is 22.6 Å². The van der Waals surface area contributed by atoms with Gasteiger partial charge >= 0.3 is 0 Å². The molecule has 11 heteroatoms. The molecular formula is C33H28ClN7O2S. The van der Waals surface area contributed by atoms with Crippen molar-refractivity contribution in [2.24, 2.45) is 0 Å². The number of rotatable bonds is 8. The Morgan fingerprint density at radius 3 is 2.68 bits per heavy atom. The fraction of sp³-hybridized carbons (Fsp3) is 0.152. The van der Waals surface area contributed by atoms with E-state index in [1.165, 1.54) is 0 Å². The van der Waals surface area contributed by atoms with Crippen LogP contribution in [0, 0.1) is 0 Å². The van der Waals surface area contributed by atoms with Gasteiger partial charge in [0.15, 0.2) is 5.65 Å². The van der Waals surface area contributed by atoms with E-state index >= 15 is 0 Å². The van der Waals surface area contributed by atoms with Gasteiger partial charge < -0.3 is 20.3 Å². The van der Waals surface area contributed by atoms with Gasteiger partial charge in [-0.3, -0.25) is 9.20 Å². The fourth-order valence-corrected chi connectivity index (χ4v) is 6.19. The van der Waals surface area contributed by atoms with E-state index in [1.807, 2.05) is 82.7 Å². The third-order valence-corrected chi connectivity index (χ3v) is 8.49. The first-order valence-corrected chi connectivity index (χ1v) is 15.5. The molecule has 1 aliphatic heterocycles. The quantitative estimate of drug-likeness (QED) is 0.190. The first-order valence-electron chi connectivity index (χ1n) is 14.2. The molecule has 0 unspecified atom stereocenters. The van der Waals surface area contributed by atoms with E-state index in [2.05, 4.69) is 32.7 Å². The number of hydrogen-bond donors (Lipinski definition) is 2. The summed E-state index contributed by atoms with van der Waals surface area (Å²) in [6.45, 7) is 3.15. The number of fused-ring (bicyclic) bond motifs is 1. The number of amides is 1. The summed E-state index contributed by atoms with van der Waals surface area (Å²) >= 11 is 8.17. The normalized spacial score (nSPS) is 13.2. The molecule has 1 amide bonds. The lowest BCUT2D eigenvalue weighted by Gasteiger charge is -2.29. The lowest BCUT2D eigenvalue weighted by atomic mass is 10.1. The molecule has 0 radical (unpaired) electrons. The molecule has 9 nitrogen and oxygen atoms in total. The highest BCUT2D eigenvalue weighted by molar-refractivity contribution is 7.10. The van der Waals surface area contributed by atoms with E-state index in [1.54, 1.807) is 17.5 Å². The van der Waals surface area contributed by atoms with Gasteiger partial charge in [0.2, 0.25) is 11.9 Å². The van der Waals surface area contributed by atoms with Gasteiger partial charge in [-0.25, -0.2) is 15.0 Å². The first kappa shape index (κ1) is 28.0. The lowest BCUT2D eigenvalue weighted by Crippen LogP contribution is -2.36. The van der Waals surface area contributed by atoms with Crippen LogP contribution in [0.15, 0.2) is 96.6 Å². The van der Waals surface area contributed by atoms with Gasteiger partial charge in [-0.15, -0.1) is 11.3 Å². The summed E-state index contributed by atoms with van der Waals surface area (Å²) in [5.41, 5.74) is 6.24. The molecule has 5 heterocycles. The highest BCUT2D eigenvalue weighted by atomic mass is 35.5. The first-order chi connectivity index (χ1) is 21.6. The molecule has 1 saturated heterocycles. The highest BCUT2D eigenvalue weighted by Gasteiger charge is 2.20. The van der Waals surface area contributed by atoms with Crippen LogP contribution in [0.3, 0.4) is 0 Å². The molecule has 7 rings (SSSR count). The standard InChI is InChI=1S/C33H28ClN7O2S/c34-27-10-3-13-41-31(28-11-12-35-33(38-28)37-24-7-2-8-25(20-24)40-14-16-43-17-15-40)30(39-32(27)41)22-5-1-6-23(19-22)36-29(42)21-26-9-4-18-44-26/h1-13,18-20H,14-17,21H2,(H,36,42)(H,35,37,38). The number of thiophene rings is 1. The van der Waals surface area contributed by atoms with Gasteiger partial charge in [-0.1, -0.05) is 35.9 Å². The molecule has 0 spiro atoms. The fourth-order valence-electron chi connectivity index (χ4n) is 5.28. The van der Waals surface area contributed by atoms with Crippen LogP contribution >= 0.6 is 22.9 Å². The number of ether oxygens (including phenoxy) is 1. The Kier molecular flexibility index (Phi) is 7.93. The zero-order chi connectivity index (χ0) is 29.9. The van der Waals surface area contributed by atoms with Gasteiger partial charge in [0.25, 0.3) is 0 Å². The van der Waals surface area contributed by atoms with Crippen LogP contribution in [0.5, 0.6) is 0 Å². The summed E-state index contributed by atoms with van der Waals surface area (Å²) < 4.78 is 7.44. The maximum absolute atomic E-state index is 12.7. The summed E-state index contributed by atoms with van der Waals surface area (Å²) in [5.74, 6) is 0.381. The monoisotopic (exact) mass is 621 g/mol. The average molecular weight is 622 g/mol. The number of aromatic nitrogens is 4. The molecule has 0 saturated carbocycles. The highest BCUT2D eigenvalue weighted by Crippen LogP contribution is 2.35. The van der Waals surface area contributed by atoms with Gasteiger partial charge in [-0.2, -0.15) is 0 Å². The molecule has 4 aromatic heterocycles. The molecule has 0 aliphatic carbocycles. The SMILES string of the molecule is O=C(Cc1cccs1)Nc1cccc(-c2nc3c(Cl)cccn3c2-c2ccnc(Nc3cccc(N4CCOCC4)c3)n2)c1. The zero-order valence-electron chi connectivity index (χ0n) is 23.6. The van der Waals surface area contributed by atoms with E-state index in [0.717, 1.165) is 53.8 Å². The van der Waals surface area contributed by atoms with Crippen LogP contribution in [-0.4, -0.2) is 51.6 Å². The molecule has 6 aromatic rings. The number of benzene rings is 2. The van der Waals surface area contributed by atoms with Crippen molar-refractivity contribution in [1.29, 1.82) is 0 Å². The molecule has 220 valence electrons. The van der Waals surface area contributed by atoms with Crippen LogP contribution in [0.25, 0.3) is 28.3 Å². The number of nitrogens with one attached hydrogen (secondary N) is 2. The molecule has 44 heavy (non-hydrogen) atoms. The van der Waals surface area contributed by atoms with Crippen LogP contribution in [0.4, 0.5) is 23.0 Å². The van der Waals surface area contributed by atoms with Crippen molar-refractivity contribution in [2.75, 3.05) is 41.8 Å². The Morgan fingerprint density at radius 2 is 1.82 bits per heavy atom. The van der Waals surface area contributed by atoms with Gasteiger partial charge in [-0.05, 0) is 60.0 Å². The number of morpholine rings is 1. The van der Waals surface area contributed by atoms with Crippen LogP contribution in [0.1, 0.15) is 4.88 Å². The number of halogens is 1. The second kappa shape index (κ2) is 12.5. The number of pyridine rings is 1. The predicted molar refractivity (Wildman–Crippen MR) is 176 cm³/mol. The van der Waals surface area contributed by atoms with E-state index in [-0.39, 0.29) is 5.91 Å². The van der Waals surface area contributed by atoms with Crippen LogP contribution in [-0.2, 0) is 16.0 Å². The topological polar surface area (TPSA) is 96.7 Å². The van der Waals surface area contributed by atoms with Crippen molar-refractivity contribution in [1.82, 2.24) is 19.4 Å². The van der Waals surface area contributed by atoms with E-state index in [0.29, 0.717) is 40.1 Å². The largest absolute Gasteiger partial charge is 0.378 e. The molecule has 2 aromatic carbocycles. The van der Waals surface area contributed by atoms with Crippen molar-refractivity contribution in [2.45, 2.75) is 6.42 Å². The maximum Gasteiger partial charge on any atom is 0.229 e. The minimum atomic E-state index is -0.0768. The van der Waals surface area contributed by atoms with Crippen molar-refractivity contribution >= 4 is 57.5 Å². The van der Waals surface area contributed by atoms with E-state index in [4.69, 9.17) is 26.3 Å². The third-order valence-electron chi connectivity index (χ3n) is 7.31. The number of carbonyl (C=O) groups excluding carboxylic acids is 1. The van der Waals surface area contributed by atoms with E-state index in [9.17, 15) is 4.79 Å². The van der Waals surface area contributed by atoms with Crippen molar-refractivity contribution < 1.29 is 9.53 Å². The summed E-state index contributed by atoms with van der Waals surface area (Å²) in [5, 5.41) is 8.88. The van der Waals surface area contributed by atoms with Crippen LogP contribution < -0.4 is 15.5 Å². The average Bonchev–Trinajstić information content (AvgIpc) is 3.71. The van der Waals surface area contributed by atoms with Gasteiger partial charge in [0.1, 0.15) is 0 Å². The smallest absolute Gasteiger partial charge is 0.229 e. The summed E-state index contributed by atoms with van der Waals surface area (Å²) in [7, 11) is 0. The molecular weight excluding hydrogens is 594 g/mol. The number of carbonyl (C=O) groups is 1. The summed E-state index contributed by atoms with van der Waals surface area (Å²) in [6, 6.07) is 25.3. The molecule has 0 atom stereocenters. The molecule has 1 fully saturated rings. The summed E-state index contributed by atoms with van der Waals surface area (Å²) in [4.78, 5) is 30.4. The van der Waals surface area contributed by atoms with Crippen molar-refractivity contribution in [3.05, 3.63) is 107 Å². The molecule has 1 aliphatic rings. The zero-order valence-corrected chi connectivity index (χ0v) is 25.2. The Hall–Kier alpha value is -4.77. The Bertz CT molecular complexity index is 1940. The predicted octanol–water partition coefficient (Wildman–Crippen LogP) is 6.93. The summed E-state index contributed by atoms with van der Waals surface area (Å²) in [6.07, 6.45) is 3.97. The van der Waals surface area contributed by atoms with Gasteiger partial charge in [0.05, 0.1) is 41.7 Å². The van der Waals surface area contributed by atoms with Crippen molar-refractivity contribution in [3.63, 3.8) is 0 Å².